The van der Waals surface area contributed by atoms with Gasteiger partial charge in [-0.15, -0.1) is 0 Å². The number of hydrogen-bond donors (Lipinski definition) is 1. The number of rotatable bonds is 2. The number of benzene rings is 2. The fraction of sp³-hybridized carbons (Fsp3) is 0.533. The lowest BCUT2D eigenvalue weighted by molar-refractivity contribution is -0.100. The van der Waals surface area contributed by atoms with Crippen molar-refractivity contribution in [2.24, 2.45) is 0 Å². The molecule has 38 heavy (non-hydrogen) atoms. The van der Waals surface area contributed by atoms with E-state index < -0.39 is 12.0 Å². The maximum atomic E-state index is 14.6. The van der Waals surface area contributed by atoms with Crippen LogP contribution in [0.3, 0.4) is 0 Å². The van der Waals surface area contributed by atoms with E-state index in [2.05, 4.69) is 28.1 Å². The summed E-state index contributed by atoms with van der Waals surface area (Å²) < 4.78 is 31.3. The molecular formula is C30H33ClF2N4O. The molecule has 0 bridgehead atoms. The molecular weight excluding hydrogens is 506 g/mol. The zero-order valence-corrected chi connectivity index (χ0v) is 22.2. The Morgan fingerprint density at radius 2 is 1.82 bits per heavy atom. The molecule has 7 rings (SSSR count). The molecule has 8 heteroatoms. The Bertz CT molecular complexity index is 1460. The fourth-order valence-electron chi connectivity index (χ4n) is 7.76. The minimum absolute atomic E-state index is 0.221. The molecule has 3 fully saturated rings. The topological polar surface area (TPSA) is 50.2 Å². The highest BCUT2D eigenvalue weighted by Crippen LogP contribution is 2.52. The number of fused-ring (bicyclic) bond motifs is 7. The number of alkyl halides is 2. The highest BCUT2D eigenvalue weighted by molar-refractivity contribution is 6.35. The standard InChI is InChI=1S/C30H33ClF2N4O/c31-22-5-4-6-24-26(22)27(38)35-28-29(12-2-1-3-13-29)21-17-20(7-8-23(21)37(24)28)19-10-15-36(16-11-19)25-9-14-34-18-30(25,32)33/h4-8,17,19,25,34H,1-3,9-16,18H2. The molecule has 1 spiro atoms. The van der Waals surface area contributed by atoms with Crippen LogP contribution < -0.4 is 10.9 Å². The second-order valence-corrected chi connectivity index (χ2v) is 12.1. The highest BCUT2D eigenvalue weighted by Gasteiger charge is 2.48. The third-order valence-electron chi connectivity index (χ3n) is 9.66. The average molecular weight is 539 g/mol. The van der Waals surface area contributed by atoms with Gasteiger partial charge in [-0.25, -0.2) is 8.78 Å². The summed E-state index contributed by atoms with van der Waals surface area (Å²) in [5.41, 5.74) is 3.94. The molecule has 1 atom stereocenters. The molecule has 2 aromatic carbocycles. The molecule has 0 amide bonds. The molecule has 200 valence electrons. The summed E-state index contributed by atoms with van der Waals surface area (Å²) in [6.07, 6.45) is 7.63. The van der Waals surface area contributed by atoms with E-state index in [1.807, 2.05) is 17.0 Å². The summed E-state index contributed by atoms with van der Waals surface area (Å²) in [7, 11) is 0. The van der Waals surface area contributed by atoms with Crippen molar-refractivity contribution in [1.29, 1.82) is 0 Å². The van der Waals surface area contributed by atoms with Gasteiger partial charge in [0, 0.05) is 0 Å². The molecule has 1 aromatic heterocycles. The third-order valence-corrected chi connectivity index (χ3v) is 9.98. The average Bonchev–Trinajstić information content (AvgIpc) is 3.17. The fourth-order valence-corrected chi connectivity index (χ4v) is 8.01. The SMILES string of the molecule is O=c1nc2n(c3cccc(Cl)c13)-c1ccc(C3CCN(C4CCNCC4(F)F)CC3)cc1C21CCCCC1. The van der Waals surface area contributed by atoms with Crippen LogP contribution in [0.1, 0.15) is 74.2 Å². The van der Waals surface area contributed by atoms with E-state index in [9.17, 15) is 13.6 Å². The van der Waals surface area contributed by atoms with Gasteiger partial charge in [0.25, 0.3) is 11.5 Å². The summed E-state index contributed by atoms with van der Waals surface area (Å²) in [6.45, 7) is 1.84. The van der Waals surface area contributed by atoms with Crippen LogP contribution in [-0.4, -0.2) is 52.6 Å². The van der Waals surface area contributed by atoms with Crippen LogP contribution in [0, 0.1) is 0 Å². The van der Waals surface area contributed by atoms with Crippen LogP contribution in [-0.2, 0) is 5.41 Å². The van der Waals surface area contributed by atoms with Crippen molar-refractivity contribution in [3.8, 4) is 5.69 Å². The monoisotopic (exact) mass is 538 g/mol. The molecule has 1 saturated carbocycles. The van der Waals surface area contributed by atoms with E-state index in [0.717, 1.165) is 55.6 Å². The van der Waals surface area contributed by atoms with Crippen molar-refractivity contribution in [2.45, 2.75) is 74.7 Å². The minimum atomic E-state index is -2.67. The van der Waals surface area contributed by atoms with E-state index in [4.69, 9.17) is 16.6 Å². The summed E-state index contributed by atoms with van der Waals surface area (Å²) in [5, 5.41) is 3.75. The van der Waals surface area contributed by atoms with Crippen molar-refractivity contribution < 1.29 is 8.78 Å². The zero-order chi connectivity index (χ0) is 26.1. The maximum Gasteiger partial charge on any atom is 0.282 e. The second-order valence-electron chi connectivity index (χ2n) is 11.7. The number of aromatic nitrogens is 2. The first-order valence-electron chi connectivity index (χ1n) is 14.1. The molecule has 0 radical (unpaired) electrons. The number of halogens is 3. The Morgan fingerprint density at radius 3 is 2.58 bits per heavy atom. The van der Waals surface area contributed by atoms with Crippen LogP contribution in [0.15, 0.2) is 41.2 Å². The Morgan fingerprint density at radius 1 is 1.03 bits per heavy atom. The lowest BCUT2D eigenvalue weighted by Gasteiger charge is -2.43. The second kappa shape index (κ2) is 9.10. The number of hydrogen-bond acceptors (Lipinski definition) is 4. The molecule has 3 aromatic rings. The first-order chi connectivity index (χ1) is 18.4. The van der Waals surface area contributed by atoms with E-state index in [1.54, 1.807) is 6.07 Å². The molecule has 1 unspecified atom stereocenters. The van der Waals surface area contributed by atoms with Crippen molar-refractivity contribution in [1.82, 2.24) is 19.8 Å². The van der Waals surface area contributed by atoms with Crippen molar-refractivity contribution in [2.75, 3.05) is 26.2 Å². The van der Waals surface area contributed by atoms with Gasteiger partial charge >= 0.3 is 0 Å². The summed E-state index contributed by atoms with van der Waals surface area (Å²) in [5.74, 6) is -1.48. The number of likely N-dealkylation sites (tertiary alicyclic amines) is 1. The van der Waals surface area contributed by atoms with Gasteiger partial charge < -0.3 is 5.32 Å². The van der Waals surface area contributed by atoms with Crippen LogP contribution in [0.2, 0.25) is 5.02 Å². The van der Waals surface area contributed by atoms with Crippen LogP contribution in [0.4, 0.5) is 8.78 Å². The molecule has 1 N–H and O–H groups in total. The predicted molar refractivity (Wildman–Crippen MR) is 146 cm³/mol. The smallest absolute Gasteiger partial charge is 0.282 e. The molecule has 1 aliphatic carbocycles. The van der Waals surface area contributed by atoms with E-state index >= 15 is 0 Å². The summed E-state index contributed by atoms with van der Waals surface area (Å²) >= 11 is 6.47. The molecule has 4 aliphatic rings. The van der Waals surface area contributed by atoms with Crippen LogP contribution in [0.25, 0.3) is 16.6 Å². The lowest BCUT2D eigenvalue weighted by Crippen LogP contribution is -2.58. The van der Waals surface area contributed by atoms with Crippen LogP contribution in [0.5, 0.6) is 0 Å². The quantitative estimate of drug-likeness (QED) is 0.449. The zero-order valence-electron chi connectivity index (χ0n) is 21.5. The first kappa shape index (κ1) is 24.7. The third kappa shape index (κ3) is 3.69. The lowest BCUT2D eigenvalue weighted by atomic mass is 9.69. The Hall–Kier alpha value is -2.35. The normalized spacial score (nSPS) is 25.0. The number of nitrogens with one attached hydrogen (secondary N) is 1. The molecule has 5 nitrogen and oxygen atoms in total. The Kier molecular flexibility index (Phi) is 5.91. The van der Waals surface area contributed by atoms with Gasteiger partial charge in [0.05, 0.1) is 39.6 Å². The van der Waals surface area contributed by atoms with Gasteiger partial charge in [-0.2, -0.15) is 4.98 Å². The van der Waals surface area contributed by atoms with Crippen molar-refractivity contribution in [3.63, 3.8) is 0 Å². The highest BCUT2D eigenvalue weighted by atomic mass is 35.5. The minimum Gasteiger partial charge on any atom is -0.311 e. The van der Waals surface area contributed by atoms with E-state index in [0.29, 0.717) is 42.4 Å². The van der Waals surface area contributed by atoms with Gasteiger partial charge in [-0.05, 0) is 87.0 Å². The Balaban J connectivity index is 1.26. The van der Waals surface area contributed by atoms with Gasteiger partial charge in [-0.3, -0.25) is 14.3 Å². The summed E-state index contributed by atoms with van der Waals surface area (Å²) in [6, 6.07) is 11.7. The molecule has 3 aliphatic heterocycles. The van der Waals surface area contributed by atoms with Gasteiger partial charge in [0.1, 0.15) is 5.82 Å². The van der Waals surface area contributed by atoms with Gasteiger partial charge in [-0.1, -0.05) is 49.1 Å². The first-order valence-corrected chi connectivity index (χ1v) is 14.5. The van der Waals surface area contributed by atoms with Crippen LogP contribution >= 0.6 is 11.6 Å². The van der Waals surface area contributed by atoms with Crippen molar-refractivity contribution >= 4 is 22.5 Å². The maximum absolute atomic E-state index is 14.6. The van der Waals surface area contributed by atoms with E-state index in [1.165, 1.54) is 17.5 Å². The van der Waals surface area contributed by atoms with E-state index in [-0.39, 0.29) is 17.5 Å². The van der Waals surface area contributed by atoms with Gasteiger partial charge in [0.2, 0.25) is 0 Å². The summed E-state index contributed by atoms with van der Waals surface area (Å²) in [4.78, 5) is 19.9. The molecule has 2 saturated heterocycles. The Labute approximate surface area is 226 Å². The molecule has 4 heterocycles. The predicted octanol–water partition coefficient (Wildman–Crippen LogP) is 5.78. The largest absolute Gasteiger partial charge is 0.311 e. The van der Waals surface area contributed by atoms with Gasteiger partial charge in [0.15, 0.2) is 0 Å². The van der Waals surface area contributed by atoms with Crippen molar-refractivity contribution in [3.05, 3.63) is 68.7 Å². The number of piperidine rings is 2. The number of nitrogens with zero attached hydrogens (tertiary/aromatic N) is 3.